The summed E-state index contributed by atoms with van der Waals surface area (Å²) in [5.74, 6) is 0. The molecule has 0 saturated carbocycles. The van der Waals surface area contributed by atoms with Crippen molar-refractivity contribution in [3.8, 4) is 0 Å². The van der Waals surface area contributed by atoms with Crippen molar-refractivity contribution < 1.29 is 0 Å². The van der Waals surface area contributed by atoms with Gasteiger partial charge in [-0.3, -0.25) is 0 Å². The van der Waals surface area contributed by atoms with Crippen LogP contribution in [0.3, 0.4) is 0 Å². The molecule has 0 rings (SSSR count). The molecule has 0 N–H and O–H groups in total. The lowest BCUT2D eigenvalue weighted by molar-refractivity contribution is 0.599. The fourth-order valence-corrected chi connectivity index (χ4v) is 2.02. The third-order valence-corrected chi connectivity index (χ3v) is 3.22. The number of allylic oxidation sites excluding steroid dienone is 4. The smallest absolute Gasteiger partial charge is 0.0351 e. The molecule has 0 heteroatoms. The van der Waals surface area contributed by atoms with E-state index in [1.54, 1.807) is 0 Å². The first kappa shape index (κ1) is 17.5. The van der Waals surface area contributed by atoms with Crippen molar-refractivity contribution in [1.29, 1.82) is 0 Å². The van der Waals surface area contributed by atoms with Crippen molar-refractivity contribution in [2.24, 2.45) is 0 Å². The molecule has 0 amide bonds. The van der Waals surface area contributed by atoms with Crippen LogP contribution in [0.15, 0.2) is 24.3 Å². The van der Waals surface area contributed by atoms with E-state index in [0.29, 0.717) is 0 Å². The molecule has 18 heavy (non-hydrogen) atoms. The van der Waals surface area contributed by atoms with Crippen molar-refractivity contribution in [2.45, 2.75) is 84.0 Å². The summed E-state index contributed by atoms with van der Waals surface area (Å²) in [7, 11) is 0. The molecule has 0 fully saturated rings. The summed E-state index contributed by atoms with van der Waals surface area (Å²) in [4.78, 5) is 0. The topological polar surface area (TPSA) is 0 Å². The molecule has 1 radical (unpaired) electrons. The van der Waals surface area contributed by atoms with Gasteiger partial charge in [-0.1, -0.05) is 69.8 Å². The van der Waals surface area contributed by atoms with Crippen LogP contribution in [0.25, 0.3) is 0 Å². The van der Waals surface area contributed by atoms with Crippen LogP contribution in [0.1, 0.15) is 84.0 Å². The third-order valence-electron chi connectivity index (χ3n) is 3.22. The minimum atomic E-state index is 0.936. The molecule has 0 aliphatic rings. The summed E-state index contributed by atoms with van der Waals surface area (Å²) in [6, 6.07) is 0. The molecule has 105 valence electrons. The molecule has 0 aliphatic carbocycles. The molecule has 0 heterocycles. The second-order valence-electron chi connectivity index (χ2n) is 5.07. The molecule has 0 aliphatic heterocycles. The van der Waals surface area contributed by atoms with Gasteiger partial charge in [0.05, 0.1) is 0 Å². The van der Waals surface area contributed by atoms with E-state index in [1.165, 1.54) is 70.6 Å². The average Bonchev–Trinajstić information content (AvgIpc) is 2.39. The lowest BCUT2D eigenvalue weighted by Gasteiger charge is -1.99. The molecule has 0 aromatic heterocycles. The minimum Gasteiger partial charge on any atom is -0.0885 e. The molecular formula is C18H33. The van der Waals surface area contributed by atoms with E-state index < -0.39 is 0 Å². The number of hydrogen-bond acceptors (Lipinski definition) is 0. The van der Waals surface area contributed by atoms with Gasteiger partial charge >= 0.3 is 0 Å². The lowest BCUT2D eigenvalue weighted by atomic mass is 10.1. The van der Waals surface area contributed by atoms with Crippen LogP contribution in [0.4, 0.5) is 0 Å². The van der Waals surface area contributed by atoms with E-state index in [9.17, 15) is 0 Å². The van der Waals surface area contributed by atoms with Gasteiger partial charge in [0, 0.05) is 0 Å². The van der Waals surface area contributed by atoms with E-state index in [-0.39, 0.29) is 0 Å². The Morgan fingerprint density at radius 3 is 1.56 bits per heavy atom. The van der Waals surface area contributed by atoms with Crippen LogP contribution in [0.5, 0.6) is 0 Å². The van der Waals surface area contributed by atoms with Crippen LogP contribution in [0.2, 0.25) is 0 Å². The molecule has 0 spiro atoms. The van der Waals surface area contributed by atoms with Gasteiger partial charge in [0.15, 0.2) is 0 Å². The monoisotopic (exact) mass is 249 g/mol. The summed E-state index contributed by atoms with van der Waals surface area (Å²) in [6.07, 6.45) is 25.0. The molecule has 0 unspecified atom stereocenters. The maximum atomic E-state index is 3.79. The van der Waals surface area contributed by atoms with Crippen LogP contribution in [0, 0.1) is 6.92 Å². The van der Waals surface area contributed by atoms with E-state index >= 15 is 0 Å². The Kier molecular flexibility index (Phi) is 16.0. The van der Waals surface area contributed by atoms with Crippen LogP contribution < -0.4 is 0 Å². The van der Waals surface area contributed by atoms with Gasteiger partial charge < -0.3 is 0 Å². The van der Waals surface area contributed by atoms with Gasteiger partial charge in [-0.15, -0.1) is 0 Å². The fourth-order valence-electron chi connectivity index (χ4n) is 2.02. The lowest BCUT2D eigenvalue weighted by Crippen LogP contribution is -1.79. The highest BCUT2D eigenvalue weighted by atomic mass is 14.0. The summed E-state index contributed by atoms with van der Waals surface area (Å²) in [5, 5.41) is 0. The first-order valence-electron chi connectivity index (χ1n) is 8.01. The third kappa shape index (κ3) is 15.5. The van der Waals surface area contributed by atoms with Gasteiger partial charge in [0.2, 0.25) is 0 Å². The fraction of sp³-hybridized carbons (Fsp3) is 0.722. The summed E-state index contributed by atoms with van der Waals surface area (Å²) < 4.78 is 0. The summed E-state index contributed by atoms with van der Waals surface area (Å²) >= 11 is 0. The van der Waals surface area contributed by atoms with Gasteiger partial charge in [0.25, 0.3) is 0 Å². The molecular weight excluding hydrogens is 216 g/mol. The SMILES string of the molecule is [CH2]CC=CCCCCCCCCC=CCCCC. The zero-order valence-corrected chi connectivity index (χ0v) is 12.5. The molecule has 0 nitrogen and oxygen atoms in total. The normalized spacial score (nSPS) is 11.9. The average molecular weight is 249 g/mol. The molecule has 0 bridgehead atoms. The predicted molar refractivity (Wildman–Crippen MR) is 84.7 cm³/mol. The Bertz CT molecular complexity index is 188. The van der Waals surface area contributed by atoms with Crippen molar-refractivity contribution in [3.05, 3.63) is 31.2 Å². The highest BCUT2D eigenvalue weighted by Gasteiger charge is 1.89. The van der Waals surface area contributed by atoms with Gasteiger partial charge in [-0.25, -0.2) is 0 Å². The van der Waals surface area contributed by atoms with E-state index in [4.69, 9.17) is 0 Å². The zero-order chi connectivity index (χ0) is 13.3. The predicted octanol–water partition coefficient (Wildman–Crippen LogP) is 6.63. The molecule has 0 atom stereocenters. The Labute approximate surface area is 116 Å². The van der Waals surface area contributed by atoms with E-state index in [1.807, 2.05) is 0 Å². The van der Waals surface area contributed by atoms with Gasteiger partial charge in [-0.05, 0) is 45.4 Å². The largest absolute Gasteiger partial charge is 0.0885 e. The highest BCUT2D eigenvalue weighted by Crippen LogP contribution is 2.09. The summed E-state index contributed by atoms with van der Waals surface area (Å²) in [6.45, 7) is 6.05. The highest BCUT2D eigenvalue weighted by molar-refractivity contribution is 4.82. The van der Waals surface area contributed by atoms with Gasteiger partial charge in [-0.2, -0.15) is 0 Å². The Balaban J connectivity index is 3.03. The van der Waals surface area contributed by atoms with Crippen LogP contribution in [-0.2, 0) is 0 Å². The quantitative estimate of drug-likeness (QED) is 0.254. The van der Waals surface area contributed by atoms with Crippen molar-refractivity contribution in [3.63, 3.8) is 0 Å². The Hall–Kier alpha value is -0.520. The van der Waals surface area contributed by atoms with Crippen molar-refractivity contribution in [2.75, 3.05) is 0 Å². The maximum absolute atomic E-state index is 3.79. The maximum Gasteiger partial charge on any atom is -0.0351 e. The molecule has 0 aromatic carbocycles. The van der Waals surface area contributed by atoms with E-state index in [0.717, 1.165) is 6.42 Å². The van der Waals surface area contributed by atoms with Gasteiger partial charge in [0.1, 0.15) is 0 Å². The Morgan fingerprint density at radius 2 is 1.06 bits per heavy atom. The standard InChI is InChI=1S/C18H33/c1-3-5-7-9-11-13-15-17-18-16-14-12-10-8-6-4-2/h5,7,10,12H,1,3-4,6,8-9,11,13-18H2,2H3. The minimum absolute atomic E-state index is 0.936. The number of hydrogen-bond donors (Lipinski definition) is 0. The summed E-state index contributed by atoms with van der Waals surface area (Å²) in [5.41, 5.74) is 0. The van der Waals surface area contributed by atoms with Crippen molar-refractivity contribution in [1.82, 2.24) is 0 Å². The second-order valence-corrected chi connectivity index (χ2v) is 5.07. The van der Waals surface area contributed by atoms with Crippen molar-refractivity contribution >= 4 is 0 Å². The second kappa shape index (κ2) is 16.5. The first-order valence-corrected chi connectivity index (χ1v) is 8.01. The number of rotatable bonds is 13. The molecule has 0 saturated heterocycles. The Morgan fingerprint density at radius 1 is 0.611 bits per heavy atom. The van der Waals surface area contributed by atoms with Crippen LogP contribution >= 0.6 is 0 Å². The molecule has 0 aromatic rings. The number of unbranched alkanes of at least 4 members (excludes halogenated alkanes) is 9. The first-order chi connectivity index (χ1) is 8.91. The zero-order valence-electron chi connectivity index (χ0n) is 12.5. The van der Waals surface area contributed by atoms with E-state index in [2.05, 4.69) is 38.2 Å². The van der Waals surface area contributed by atoms with Crippen LogP contribution in [-0.4, -0.2) is 0 Å².